The molecule has 2 aromatic heterocycles. The van der Waals surface area contributed by atoms with E-state index in [4.69, 9.17) is 4.42 Å². The lowest BCUT2D eigenvalue weighted by Gasteiger charge is -2.04. The minimum Gasteiger partial charge on any atom is -0.464 e. The van der Waals surface area contributed by atoms with Crippen LogP contribution in [0.1, 0.15) is 28.8 Å². The summed E-state index contributed by atoms with van der Waals surface area (Å²) in [7, 11) is 0. The van der Waals surface area contributed by atoms with Gasteiger partial charge < -0.3 is 9.73 Å². The van der Waals surface area contributed by atoms with Gasteiger partial charge in [0.2, 0.25) is 5.91 Å². The predicted octanol–water partition coefficient (Wildman–Crippen LogP) is 3.18. The number of fused-ring (bicyclic) bond motifs is 2. The van der Waals surface area contributed by atoms with Crippen LogP contribution in [0.25, 0.3) is 11.0 Å². The molecular weight excluding hydrogens is 288 g/mol. The van der Waals surface area contributed by atoms with Crippen LogP contribution in [0, 0.1) is 0 Å². The Morgan fingerprint density at radius 3 is 2.91 bits per heavy atom. The maximum Gasteiger partial charge on any atom is 0.224 e. The summed E-state index contributed by atoms with van der Waals surface area (Å²) in [6.45, 7) is 0.449. The average Bonchev–Trinajstić information content (AvgIpc) is 3.19. The Morgan fingerprint density at radius 2 is 2.09 bits per heavy atom. The molecule has 23 heavy (non-hydrogen) atoms. The van der Waals surface area contributed by atoms with Crippen molar-refractivity contribution < 1.29 is 9.21 Å². The zero-order chi connectivity index (χ0) is 15.6. The van der Waals surface area contributed by atoms with Gasteiger partial charge >= 0.3 is 0 Å². The first-order valence-corrected chi connectivity index (χ1v) is 7.98. The Morgan fingerprint density at radius 1 is 1.22 bits per heavy atom. The number of hydrogen-bond acceptors (Lipinski definition) is 3. The largest absolute Gasteiger partial charge is 0.464 e. The number of benzene rings is 1. The van der Waals surface area contributed by atoms with Crippen LogP contribution < -0.4 is 5.32 Å². The van der Waals surface area contributed by atoms with E-state index in [2.05, 4.69) is 22.4 Å². The predicted molar refractivity (Wildman–Crippen MR) is 88.0 cm³/mol. The lowest BCUT2D eigenvalue weighted by atomic mass is 10.0. The summed E-state index contributed by atoms with van der Waals surface area (Å²) in [5.41, 5.74) is 5.48. The van der Waals surface area contributed by atoms with Crippen molar-refractivity contribution in [1.29, 1.82) is 0 Å². The van der Waals surface area contributed by atoms with Crippen LogP contribution in [0.3, 0.4) is 0 Å². The number of furan rings is 1. The molecule has 0 saturated heterocycles. The van der Waals surface area contributed by atoms with Crippen LogP contribution in [0.4, 0.5) is 0 Å². The highest BCUT2D eigenvalue weighted by atomic mass is 16.3. The van der Waals surface area contributed by atoms with Crippen molar-refractivity contribution in [2.75, 3.05) is 0 Å². The molecule has 0 atom stereocenters. The third kappa shape index (κ3) is 2.84. The van der Waals surface area contributed by atoms with E-state index in [9.17, 15) is 4.79 Å². The molecule has 1 aromatic carbocycles. The van der Waals surface area contributed by atoms with Crippen molar-refractivity contribution in [2.24, 2.45) is 0 Å². The SMILES string of the molecule is O=C(Cc1coc2cc3c(cc12)CCC3)NCc1ccccn1. The summed E-state index contributed by atoms with van der Waals surface area (Å²) in [6.07, 6.45) is 7.24. The van der Waals surface area contributed by atoms with E-state index in [0.717, 1.165) is 35.1 Å². The molecule has 1 aliphatic carbocycles. The Hall–Kier alpha value is -2.62. The van der Waals surface area contributed by atoms with Crippen molar-refractivity contribution in [3.63, 3.8) is 0 Å². The number of hydrogen-bond donors (Lipinski definition) is 1. The fourth-order valence-corrected chi connectivity index (χ4v) is 3.21. The second kappa shape index (κ2) is 5.88. The van der Waals surface area contributed by atoms with Crippen LogP contribution in [-0.4, -0.2) is 10.9 Å². The van der Waals surface area contributed by atoms with Gasteiger partial charge in [-0.05, 0) is 54.7 Å². The lowest BCUT2D eigenvalue weighted by molar-refractivity contribution is -0.120. The van der Waals surface area contributed by atoms with E-state index in [1.807, 2.05) is 18.2 Å². The van der Waals surface area contributed by atoms with E-state index >= 15 is 0 Å². The number of amides is 1. The standard InChI is InChI=1S/C19H18N2O2/c22-19(21-11-16-6-1-2-7-20-16)10-15-12-23-18-9-14-5-3-4-13(14)8-17(15)18/h1-2,6-9,12H,3-5,10-11H2,(H,21,22). The number of nitrogens with zero attached hydrogens (tertiary/aromatic N) is 1. The van der Waals surface area contributed by atoms with E-state index in [1.54, 1.807) is 12.5 Å². The van der Waals surface area contributed by atoms with Gasteiger partial charge in [0.25, 0.3) is 0 Å². The Balaban J connectivity index is 1.48. The van der Waals surface area contributed by atoms with Crippen LogP contribution >= 0.6 is 0 Å². The summed E-state index contributed by atoms with van der Waals surface area (Å²) in [6, 6.07) is 10.0. The molecule has 0 aliphatic heterocycles. The van der Waals surface area contributed by atoms with Gasteiger partial charge in [-0.25, -0.2) is 0 Å². The van der Waals surface area contributed by atoms with Gasteiger partial charge in [0.1, 0.15) is 5.58 Å². The maximum absolute atomic E-state index is 12.2. The van der Waals surface area contributed by atoms with Gasteiger partial charge in [0, 0.05) is 17.1 Å². The highest BCUT2D eigenvalue weighted by Gasteiger charge is 2.16. The molecule has 3 aromatic rings. The molecule has 1 aliphatic rings. The third-order valence-electron chi connectivity index (χ3n) is 4.41. The fraction of sp³-hybridized carbons (Fsp3) is 0.263. The van der Waals surface area contributed by atoms with Crippen molar-refractivity contribution in [2.45, 2.75) is 32.2 Å². The minimum absolute atomic E-state index is 0.0150. The Labute approximate surface area is 134 Å². The quantitative estimate of drug-likeness (QED) is 0.805. The minimum atomic E-state index is -0.0150. The van der Waals surface area contributed by atoms with Gasteiger partial charge in [-0.2, -0.15) is 0 Å². The van der Waals surface area contributed by atoms with E-state index in [0.29, 0.717) is 13.0 Å². The first kappa shape index (κ1) is 14.0. The molecule has 116 valence electrons. The molecule has 0 fully saturated rings. The summed E-state index contributed by atoms with van der Waals surface area (Å²) in [4.78, 5) is 16.4. The molecule has 0 radical (unpaired) electrons. The van der Waals surface area contributed by atoms with Crippen molar-refractivity contribution in [3.05, 3.63) is 65.2 Å². The number of aromatic nitrogens is 1. The highest BCUT2D eigenvalue weighted by molar-refractivity contribution is 5.88. The number of rotatable bonds is 4. The van der Waals surface area contributed by atoms with Gasteiger partial charge in [-0.3, -0.25) is 9.78 Å². The number of carbonyl (C=O) groups is 1. The molecule has 4 rings (SSSR count). The van der Waals surface area contributed by atoms with E-state index in [-0.39, 0.29) is 5.91 Å². The first-order chi connectivity index (χ1) is 11.3. The molecule has 1 N–H and O–H groups in total. The van der Waals surface area contributed by atoms with Gasteiger partial charge in [-0.15, -0.1) is 0 Å². The summed E-state index contributed by atoms with van der Waals surface area (Å²) >= 11 is 0. The first-order valence-electron chi connectivity index (χ1n) is 7.98. The fourth-order valence-electron chi connectivity index (χ4n) is 3.21. The summed E-state index contributed by atoms with van der Waals surface area (Å²) < 4.78 is 5.65. The second-order valence-electron chi connectivity index (χ2n) is 6.01. The second-order valence-corrected chi connectivity index (χ2v) is 6.01. The third-order valence-corrected chi connectivity index (χ3v) is 4.41. The lowest BCUT2D eigenvalue weighted by Crippen LogP contribution is -2.24. The maximum atomic E-state index is 12.2. The number of aryl methyl sites for hydroxylation is 2. The van der Waals surface area contributed by atoms with Gasteiger partial charge in [0.05, 0.1) is 24.9 Å². The monoisotopic (exact) mass is 306 g/mol. The van der Waals surface area contributed by atoms with Crippen LogP contribution in [-0.2, 0) is 30.6 Å². The van der Waals surface area contributed by atoms with Crippen LogP contribution in [0.2, 0.25) is 0 Å². The number of nitrogens with one attached hydrogen (secondary N) is 1. The van der Waals surface area contributed by atoms with Gasteiger partial charge in [0.15, 0.2) is 0 Å². The Kier molecular flexibility index (Phi) is 3.58. The zero-order valence-corrected chi connectivity index (χ0v) is 12.8. The summed E-state index contributed by atoms with van der Waals surface area (Å²) in [5, 5.41) is 3.98. The van der Waals surface area contributed by atoms with Crippen molar-refractivity contribution in [1.82, 2.24) is 10.3 Å². The average molecular weight is 306 g/mol. The van der Waals surface area contributed by atoms with Crippen LogP contribution in [0.5, 0.6) is 0 Å². The molecule has 4 heteroatoms. The molecule has 0 unspecified atom stereocenters. The molecule has 0 bridgehead atoms. The number of pyridine rings is 1. The molecule has 0 spiro atoms. The summed E-state index contributed by atoms with van der Waals surface area (Å²) in [5.74, 6) is -0.0150. The molecule has 1 amide bonds. The molecule has 0 saturated carbocycles. The number of carbonyl (C=O) groups excluding carboxylic acids is 1. The molecular formula is C19H18N2O2. The molecule has 2 heterocycles. The molecule has 4 nitrogen and oxygen atoms in total. The van der Waals surface area contributed by atoms with Crippen molar-refractivity contribution >= 4 is 16.9 Å². The van der Waals surface area contributed by atoms with Crippen molar-refractivity contribution in [3.8, 4) is 0 Å². The van der Waals surface area contributed by atoms with E-state index in [1.165, 1.54) is 17.5 Å². The topological polar surface area (TPSA) is 55.1 Å². The normalized spacial score (nSPS) is 13.2. The van der Waals surface area contributed by atoms with Crippen LogP contribution in [0.15, 0.2) is 47.2 Å². The van der Waals surface area contributed by atoms with Gasteiger partial charge in [-0.1, -0.05) is 6.07 Å². The van der Waals surface area contributed by atoms with E-state index < -0.39 is 0 Å². The highest BCUT2D eigenvalue weighted by Crippen LogP contribution is 2.30. The zero-order valence-electron chi connectivity index (χ0n) is 12.8. The Bertz CT molecular complexity index is 852. The smallest absolute Gasteiger partial charge is 0.224 e.